The lowest BCUT2D eigenvalue weighted by Gasteiger charge is -2.16. The second-order valence-electron chi connectivity index (χ2n) is 9.39. The summed E-state index contributed by atoms with van der Waals surface area (Å²) in [6.45, 7) is 5.40. The van der Waals surface area contributed by atoms with Gasteiger partial charge in [-0.2, -0.15) is 0 Å². The molecule has 8 nitrogen and oxygen atoms in total. The molecule has 0 saturated carbocycles. The highest BCUT2D eigenvalue weighted by atomic mass is 79.9. The molecule has 0 radical (unpaired) electrons. The molecule has 3 aromatic rings. The number of thiophene rings is 1. The third-order valence-corrected chi connectivity index (χ3v) is 8.23. The van der Waals surface area contributed by atoms with Crippen LogP contribution in [0.5, 0.6) is 0 Å². The van der Waals surface area contributed by atoms with Crippen LogP contribution in [0.2, 0.25) is 0 Å². The number of amides is 3. The van der Waals surface area contributed by atoms with Crippen LogP contribution in [-0.4, -0.2) is 50.9 Å². The summed E-state index contributed by atoms with van der Waals surface area (Å²) in [5.74, 6) is 0.247. The molecule has 0 atom stereocenters. The number of imide groups is 1. The van der Waals surface area contributed by atoms with Crippen LogP contribution in [-0.2, 0) is 29.0 Å². The molecule has 4 rings (SSSR count). The number of rotatable bonds is 12. The molecule has 1 aliphatic rings. The Labute approximate surface area is 241 Å². The Morgan fingerprint density at radius 3 is 2.41 bits per heavy atom. The van der Waals surface area contributed by atoms with Gasteiger partial charge in [0, 0.05) is 24.4 Å². The minimum absolute atomic E-state index is 0.283. The van der Waals surface area contributed by atoms with Crippen LogP contribution in [0.15, 0.2) is 52.1 Å². The van der Waals surface area contributed by atoms with Gasteiger partial charge in [-0.25, -0.2) is 14.6 Å². The molecule has 0 aliphatic carbocycles. The molecule has 1 saturated heterocycles. The first kappa shape index (κ1) is 28.8. The lowest BCUT2D eigenvalue weighted by Crippen LogP contribution is -2.33. The number of esters is 1. The Morgan fingerprint density at radius 1 is 1.03 bits per heavy atom. The predicted octanol–water partition coefficient (Wildman–Crippen LogP) is 6.49. The molecule has 3 amide bonds. The number of hydrogen-bond acceptors (Lipinski definition) is 6. The van der Waals surface area contributed by atoms with Crippen molar-refractivity contribution in [2.75, 3.05) is 13.7 Å². The van der Waals surface area contributed by atoms with Gasteiger partial charge in [0.15, 0.2) is 0 Å². The molecule has 1 aliphatic heterocycles. The lowest BCUT2D eigenvalue weighted by atomic mass is 10.1. The maximum Gasteiger partial charge on any atom is 0.337 e. The third-order valence-electron chi connectivity index (χ3n) is 6.62. The second-order valence-corrected chi connectivity index (χ2v) is 11.9. The van der Waals surface area contributed by atoms with Gasteiger partial charge < -0.3 is 9.30 Å². The molecular weight excluding hydrogens is 580 g/mol. The number of imidazole rings is 1. The summed E-state index contributed by atoms with van der Waals surface area (Å²) in [6, 6.07) is 10.9. The summed E-state index contributed by atoms with van der Waals surface area (Å²) in [7, 11) is 1.36. The minimum atomic E-state index is -0.381. The molecule has 3 heterocycles. The Balaban J connectivity index is 1.71. The fourth-order valence-electron chi connectivity index (χ4n) is 4.44. The van der Waals surface area contributed by atoms with Crippen molar-refractivity contribution < 1.29 is 19.1 Å². The zero-order valence-electron chi connectivity index (χ0n) is 22.5. The van der Waals surface area contributed by atoms with Crippen LogP contribution in [0.4, 0.5) is 4.79 Å². The number of aromatic nitrogens is 2. The van der Waals surface area contributed by atoms with Crippen molar-refractivity contribution in [3.63, 3.8) is 0 Å². The van der Waals surface area contributed by atoms with E-state index in [1.54, 1.807) is 40.6 Å². The highest BCUT2D eigenvalue weighted by molar-refractivity contribution is 9.11. The molecule has 10 heteroatoms. The SMILES string of the molecule is CCCCc1ncc(C=C2C(=O)N(CCCC)C(=O)N2Cc2ccc(Br)s2)n1Cc1ccc(C(=O)OC)cc1. The molecule has 1 fully saturated rings. The molecule has 0 bridgehead atoms. The van der Waals surface area contributed by atoms with Crippen molar-refractivity contribution in [2.45, 2.75) is 59.0 Å². The van der Waals surface area contributed by atoms with Gasteiger partial charge in [-0.1, -0.05) is 38.8 Å². The van der Waals surface area contributed by atoms with Gasteiger partial charge in [0.1, 0.15) is 11.5 Å². The predicted molar refractivity (Wildman–Crippen MR) is 155 cm³/mol. The van der Waals surface area contributed by atoms with E-state index >= 15 is 0 Å². The number of carbonyl (C=O) groups excluding carboxylic acids is 3. The number of ether oxygens (including phenoxy) is 1. The molecule has 0 spiro atoms. The van der Waals surface area contributed by atoms with Crippen molar-refractivity contribution in [2.24, 2.45) is 0 Å². The average Bonchev–Trinajstić information content (AvgIpc) is 3.59. The monoisotopic (exact) mass is 612 g/mol. The lowest BCUT2D eigenvalue weighted by molar-refractivity contribution is -0.123. The topological polar surface area (TPSA) is 84.7 Å². The molecular formula is C29H33BrN4O4S. The van der Waals surface area contributed by atoms with Gasteiger partial charge in [0.2, 0.25) is 0 Å². The number of aryl methyl sites for hydroxylation is 1. The van der Waals surface area contributed by atoms with Gasteiger partial charge in [0.25, 0.3) is 5.91 Å². The van der Waals surface area contributed by atoms with E-state index in [-0.39, 0.29) is 17.9 Å². The standard InChI is InChI=1S/C29H33BrN4O4S/c1-4-6-8-26-31-17-22(33(26)18-20-9-11-21(12-10-20)28(36)38-3)16-24-27(35)32(15-7-5-2)29(37)34(24)19-23-13-14-25(30)39-23/h9-14,16-17H,4-8,15,18-19H2,1-3H3. The van der Waals surface area contributed by atoms with Crippen LogP contribution < -0.4 is 0 Å². The number of unbranched alkanes of at least 4 members (excludes halogenated alkanes) is 2. The van der Waals surface area contributed by atoms with Gasteiger partial charge >= 0.3 is 12.0 Å². The number of methoxy groups -OCH3 is 1. The first-order valence-corrected chi connectivity index (χ1v) is 14.8. The summed E-state index contributed by atoms with van der Waals surface area (Å²) < 4.78 is 7.87. The second kappa shape index (κ2) is 13.2. The summed E-state index contributed by atoms with van der Waals surface area (Å²) in [5.41, 5.74) is 2.57. The van der Waals surface area contributed by atoms with Crippen LogP contribution >= 0.6 is 27.3 Å². The zero-order chi connectivity index (χ0) is 27.9. The van der Waals surface area contributed by atoms with Crippen molar-refractivity contribution in [3.05, 3.63) is 79.6 Å². The van der Waals surface area contributed by atoms with Crippen molar-refractivity contribution >= 4 is 51.3 Å². The van der Waals surface area contributed by atoms with Gasteiger partial charge in [-0.05, 0) is 64.7 Å². The van der Waals surface area contributed by atoms with E-state index < -0.39 is 0 Å². The molecule has 0 N–H and O–H groups in total. The Hall–Kier alpha value is -3.24. The first-order valence-electron chi connectivity index (χ1n) is 13.2. The van der Waals surface area contributed by atoms with E-state index in [2.05, 4.69) is 32.4 Å². The van der Waals surface area contributed by atoms with Crippen molar-refractivity contribution in [1.82, 2.24) is 19.4 Å². The quantitative estimate of drug-likeness (QED) is 0.133. The highest BCUT2D eigenvalue weighted by Crippen LogP contribution is 2.30. The third kappa shape index (κ3) is 6.67. The smallest absolute Gasteiger partial charge is 0.337 e. The van der Waals surface area contributed by atoms with Crippen LogP contribution in [0.1, 0.15) is 71.8 Å². The molecule has 39 heavy (non-hydrogen) atoms. The van der Waals surface area contributed by atoms with E-state index in [1.807, 2.05) is 31.2 Å². The zero-order valence-corrected chi connectivity index (χ0v) is 24.9. The Kier molecular flexibility index (Phi) is 9.74. The molecule has 0 unspecified atom stereocenters. The first-order chi connectivity index (χ1) is 18.9. The summed E-state index contributed by atoms with van der Waals surface area (Å²) in [6.07, 6.45) is 8.01. The Bertz CT molecular complexity index is 1360. The number of halogens is 1. The summed E-state index contributed by atoms with van der Waals surface area (Å²) in [5, 5.41) is 0. The number of carbonyl (C=O) groups is 3. The van der Waals surface area contributed by atoms with E-state index in [0.29, 0.717) is 30.9 Å². The van der Waals surface area contributed by atoms with E-state index in [9.17, 15) is 14.4 Å². The molecule has 1 aromatic carbocycles. The van der Waals surface area contributed by atoms with Crippen LogP contribution in [0.25, 0.3) is 6.08 Å². The van der Waals surface area contributed by atoms with Gasteiger partial charge in [-0.15, -0.1) is 11.3 Å². The van der Waals surface area contributed by atoms with Crippen molar-refractivity contribution in [3.8, 4) is 0 Å². The fraction of sp³-hybridized carbons (Fsp3) is 0.379. The van der Waals surface area contributed by atoms with Crippen LogP contribution in [0.3, 0.4) is 0 Å². The summed E-state index contributed by atoms with van der Waals surface area (Å²) in [4.78, 5) is 47.4. The largest absolute Gasteiger partial charge is 0.465 e. The van der Waals surface area contributed by atoms with Crippen molar-refractivity contribution in [1.29, 1.82) is 0 Å². The number of urea groups is 1. The van der Waals surface area contributed by atoms with E-state index in [0.717, 1.165) is 57.8 Å². The van der Waals surface area contributed by atoms with E-state index in [4.69, 9.17) is 4.74 Å². The van der Waals surface area contributed by atoms with Gasteiger partial charge in [-0.3, -0.25) is 14.6 Å². The van der Waals surface area contributed by atoms with Crippen LogP contribution in [0, 0.1) is 0 Å². The summed E-state index contributed by atoms with van der Waals surface area (Å²) >= 11 is 5.03. The average molecular weight is 614 g/mol. The van der Waals surface area contributed by atoms with Gasteiger partial charge in [0.05, 0.1) is 34.9 Å². The number of benzene rings is 1. The minimum Gasteiger partial charge on any atom is -0.465 e. The normalized spacial score (nSPS) is 14.6. The Morgan fingerprint density at radius 2 is 1.77 bits per heavy atom. The molecule has 206 valence electrons. The number of nitrogens with zero attached hydrogens (tertiary/aromatic N) is 4. The van der Waals surface area contributed by atoms with E-state index in [1.165, 1.54) is 12.0 Å². The highest BCUT2D eigenvalue weighted by Gasteiger charge is 2.41. The molecule has 2 aromatic heterocycles. The number of hydrogen-bond donors (Lipinski definition) is 0. The fourth-order valence-corrected chi connectivity index (χ4v) is 5.91. The maximum absolute atomic E-state index is 13.5. The maximum atomic E-state index is 13.5.